The quantitative estimate of drug-likeness (QED) is 0.435. The Morgan fingerprint density at radius 3 is 2.82 bits per heavy atom. The number of thioether (sulfide) groups is 1. The zero-order valence-electron chi connectivity index (χ0n) is 12.9. The summed E-state index contributed by atoms with van der Waals surface area (Å²) in [6.07, 6.45) is 3.94. The number of aromatic nitrogens is 2. The van der Waals surface area contributed by atoms with Crippen molar-refractivity contribution in [3.05, 3.63) is 52.4 Å². The number of ether oxygens (including phenoxy) is 1. The van der Waals surface area contributed by atoms with E-state index in [-0.39, 0.29) is 5.56 Å². The number of aromatic amines is 1. The molecule has 1 aromatic heterocycles. The molecule has 1 N–H and O–H groups in total. The van der Waals surface area contributed by atoms with Crippen molar-refractivity contribution in [2.45, 2.75) is 37.8 Å². The Morgan fingerprint density at radius 1 is 1.23 bits per heavy atom. The number of rotatable bonds is 9. The third kappa shape index (κ3) is 5.93. The second kappa shape index (κ2) is 9.30. The molecule has 1 aromatic carbocycles. The van der Waals surface area contributed by atoms with Gasteiger partial charge in [0.1, 0.15) is 5.75 Å². The Labute approximate surface area is 135 Å². The topological polar surface area (TPSA) is 55.0 Å². The van der Waals surface area contributed by atoms with E-state index in [2.05, 4.69) is 16.9 Å². The van der Waals surface area contributed by atoms with E-state index < -0.39 is 0 Å². The van der Waals surface area contributed by atoms with Crippen molar-refractivity contribution in [2.75, 3.05) is 12.4 Å². The Morgan fingerprint density at radius 2 is 2.05 bits per heavy atom. The van der Waals surface area contributed by atoms with E-state index in [1.165, 1.54) is 0 Å². The molecule has 0 saturated carbocycles. The van der Waals surface area contributed by atoms with Crippen molar-refractivity contribution in [3.63, 3.8) is 0 Å². The largest absolute Gasteiger partial charge is 0.494 e. The molecule has 0 unspecified atom stereocenters. The van der Waals surface area contributed by atoms with Crippen LogP contribution in [0.15, 0.2) is 46.3 Å². The molecule has 118 valence electrons. The van der Waals surface area contributed by atoms with Gasteiger partial charge >= 0.3 is 0 Å². The minimum atomic E-state index is -0.0656. The molecule has 0 aliphatic heterocycles. The van der Waals surface area contributed by atoms with Gasteiger partial charge in [-0.3, -0.25) is 4.79 Å². The van der Waals surface area contributed by atoms with Gasteiger partial charge in [0.25, 0.3) is 5.56 Å². The summed E-state index contributed by atoms with van der Waals surface area (Å²) in [5, 5.41) is 0.707. The molecule has 1 heterocycles. The van der Waals surface area contributed by atoms with Crippen LogP contribution in [0.3, 0.4) is 0 Å². The zero-order chi connectivity index (χ0) is 15.6. The van der Waals surface area contributed by atoms with Crippen LogP contribution in [0.25, 0.3) is 0 Å². The summed E-state index contributed by atoms with van der Waals surface area (Å²) in [7, 11) is 0. The first-order valence-electron chi connectivity index (χ1n) is 7.69. The van der Waals surface area contributed by atoms with Crippen LogP contribution in [-0.2, 0) is 6.42 Å². The van der Waals surface area contributed by atoms with Gasteiger partial charge in [-0.15, -0.1) is 0 Å². The number of unbranched alkanes of at least 4 members (excludes halogenated alkanes) is 1. The van der Waals surface area contributed by atoms with E-state index >= 15 is 0 Å². The summed E-state index contributed by atoms with van der Waals surface area (Å²) in [4.78, 5) is 18.9. The predicted octanol–water partition coefficient (Wildman–Crippen LogP) is 3.67. The first kappa shape index (κ1) is 16.6. The maximum atomic E-state index is 11.6. The first-order valence-corrected chi connectivity index (χ1v) is 8.67. The second-order valence-electron chi connectivity index (χ2n) is 5.01. The lowest BCUT2D eigenvalue weighted by Crippen LogP contribution is -2.10. The van der Waals surface area contributed by atoms with Gasteiger partial charge in [0, 0.05) is 17.5 Å². The van der Waals surface area contributed by atoms with Gasteiger partial charge in [-0.05, 0) is 31.4 Å². The maximum Gasteiger partial charge on any atom is 0.251 e. The third-order valence-electron chi connectivity index (χ3n) is 3.10. The van der Waals surface area contributed by atoms with Crippen LogP contribution >= 0.6 is 11.8 Å². The van der Waals surface area contributed by atoms with Crippen LogP contribution in [-0.4, -0.2) is 22.3 Å². The van der Waals surface area contributed by atoms with Gasteiger partial charge in [0.2, 0.25) is 0 Å². The number of benzene rings is 1. The Balaban J connectivity index is 1.74. The number of para-hydroxylation sites is 1. The molecule has 0 radical (unpaired) electrons. The van der Waals surface area contributed by atoms with Crippen LogP contribution in [0.2, 0.25) is 0 Å². The van der Waals surface area contributed by atoms with Gasteiger partial charge < -0.3 is 9.72 Å². The molecule has 0 amide bonds. The molecule has 0 aliphatic carbocycles. The molecule has 2 aromatic rings. The highest BCUT2D eigenvalue weighted by Gasteiger charge is 2.02. The van der Waals surface area contributed by atoms with Gasteiger partial charge in [-0.25, -0.2) is 4.98 Å². The Kier molecular flexibility index (Phi) is 7.03. The molecule has 22 heavy (non-hydrogen) atoms. The van der Waals surface area contributed by atoms with Crippen molar-refractivity contribution < 1.29 is 4.74 Å². The average molecular weight is 318 g/mol. The molecular weight excluding hydrogens is 296 g/mol. The molecule has 5 heteroatoms. The minimum absolute atomic E-state index is 0.0656. The molecule has 4 nitrogen and oxygen atoms in total. The molecule has 0 aliphatic rings. The lowest BCUT2D eigenvalue weighted by atomic mass is 10.2. The molecule has 0 saturated heterocycles. The normalized spacial score (nSPS) is 10.6. The van der Waals surface area contributed by atoms with E-state index in [1.54, 1.807) is 17.8 Å². The lowest BCUT2D eigenvalue weighted by Gasteiger charge is -2.06. The number of hydrogen-bond acceptors (Lipinski definition) is 4. The number of nitrogens with zero attached hydrogens (tertiary/aromatic N) is 1. The van der Waals surface area contributed by atoms with E-state index in [0.717, 1.165) is 42.9 Å². The predicted molar refractivity (Wildman–Crippen MR) is 90.7 cm³/mol. The third-order valence-corrected chi connectivity index (χ3v) is 4.06. The zero-order valence-corrected chi connectivity index (χ0v) is 13.7. The standard InChI is InChI=1S/C17H22N2O2S/c1-2-3-8-14-13-16(20)19-17(18-14)22-12-7-11-21-15-9-5-4-6-10-15/h4-6,9-10,13H,2-3,7-8,11-12H2,1H3,(H,18,19,20). The van der Waals surface area contributed by atoms with Crippen molar-refractivity contribution >= 4 is 11.8 Å². The van der Waals surface area contributed by atoms with Crippen molar-refractivity contribution in [1.29, 1.82) is 0 Å². The van der Waals surface area contributed by atoms with Crippen LogP contribution in [0.5, 0.6) is 5.75 Å². The number of hydrogen-bond donors (Lipinski definition) is 1. The maximum absolute atomic E-state index is 11.6. The average Bonchev–Trinajstić information content (AvgIpc) is 2.53. The van der Waals surface area contributed by atoms with Crippen molar-refractivity contribution in [3.8, 4) is 5.75 Å². The van der Waals surface area contributed by atoms with Crippen molar-refractivity contribution in [1.82, 2.24) is 9.97 Å². The molecule has 0 spiro atoms. The Bertz CT molecular complexity index is 614. The highest BCUT2D eigenvalue weighted by molar-refractivity contribution is 7.99. The molecule has 0 fully saturated rings. The van der Waals surface area contributed by atoms with Gasteiger partial charge in [-0.2, -0.15) is 0 Å². The summed E-state index contributed by atoms with van der Waals surface area (Å²) in [5.74, 6) is 1.76. The summed E-state index contributed by atoms with van der Waals surface area (Å²) in [6, 6.07) is 11.4. The lowest BCUT2D eigenvalue weighted by molar-refractivity contribution is 0.318. The highest BCUT2D eigenvalue weighted by Crippen LogP contribution is 2.14. The highest BCUT2D eigenvalue weighted by atomic mass is 32.2. The van der Waals surface area contributed by atoms with E-state index in [4.69, 9.17) is 4.74 Å². The van der Waals surface area contributed by atoms with E-state index in [9.17, 15) is 4.79 Å². The number of H-pyrrole nitrogens is 1. The van der Waals surface area contributed by atoms with Gasteiger partial charge in [-0.1, -0.05) is 43.3 Å². The number of aryl methyl sites for hydroxylation is 1. The van der Waals surface area contributed by atoms with Gasteiger partial charge in [0.05, 0.1) is 6.61 Å². The first-order chi connectivity index (χ1) is 10.8. The fourth-order valence-electron chi connectivity index (χ4n) is 1.97. The molecule has 0 atom stereocenters. The van der Waals surface area contributed by atoms with Gasteiger partial charge in [0.15, 0.2) is 5.16 Å². The summed E-state index contributed by atoms with van der Waals surface area (Å²) < 4.78 is 5.64. The molecular formula is C17H22N2O2S. The van der Waals surface area contributed by atoms with E-state index in [1.807, 2.05) is 30.3 Å². The molecule has 2 rings (SSSR count). The second-order valence-corrected chi connectivity index (χ2v) is 6.09. The molecule has 0 bridgehead atoms. The fourth-order valence-corrected chi connectivity index (χ4v) is 2.78. The van der Waals surface area contributed by atoms with Crippen LogP contribution in [0.1, 0.15) is 31.9 Å². The smallest absolute Gasteiger partial charge is 0.251 e. The van der Waals surface area contributed by atoms with Crippen LogP contribution in [0.4, 0.5) is 0 Å². The monoisotopic (exact) mass is 318 g/mol. The fraction of sp³-hybridized carbons (Fsp3) is 0.412. The number of nitrogens with one attached hydrogen (secondary N) is 1. The van der Waals surface area contributed by atoms with Crippen LogP contribution < -0.4 is 10.3 Å². The van der Waals surface area contributed by atoms with E-state index in [0.29, 0.717) is 11.8 Å². The minimum Gasteiger partial charge on any atom is -0.494 e. The van der Waals surface area contributed by atoms with Crippen LogP contribution in [0, 0.1) is 0 Å². The summed E-state index contributed by atoms with van der Waals surface area (Å²) >= 11 is 1.57. The SMILES string of the molecule is CCCCc1cc(=O)[nH]c(SCCCOc2ccccc2)n1. The Hall–Kier alpha value is -1.75. The summed E-state index contributed by atoms with van der Waals surface area (Å²) in [6.45, 7) is 2.80. The summed E-state index contributed by atoms with van der Waals surface area (Å²) in [5.41, 5.74) is 0.817. The van der Waals surface area contributed by atoms with Crippen molar-refractivity contribution in [2.24, 2.45) is 0 Å².